The predicted octanol–water partition coefficient (Wildman–Crippen LogP) is -0.287. The van der Waals surface area contributed by atoms with Crippen LogP contribution in [-0.4, -0.2) is 22.7 Å². The van der Waals surface area contributed by atoms with E-state index < -0.39 is 0 Å². The molecule has 3 N–H and O–H groups in total. The molecule has 0 unspecified atom stereocenters. The van der Waals surface area contributed by atoms with Gasteiger partial charge in [-0.15, -0.1) is 5.10 Å². The van der Waals surface area contributed by atoms with Crippen molar-refractivity contribution in [2.24, 2.45) is 12.8 Å². The van der Waals surface area contributed by atoms with E-state index in [0.29, 0.717) is 11.4 Å². The van der Waals surface area contributed by atoms with Crippen LogP contribution in [0.4, 0.5) is 0 Å². The maximum atomic E-state index is 7.14. The molecule has 0 aromatic carbocycles. The quantitative estimate of drug-likeness (QED) is 0.454. The zero-order chi connectivity index (χ0) is 8.43. The highest BCUT2D eigenvalue weighted by Gasteiger charge is 2.09. The summed E-state index contributed by atoms with van der Waals surface area (Å²) in [7, 11) is 3.24. The van der Waals surface area contributed by atoms with Gasteiger partial charge in [0.05, 0.1) is 12.7 Å². The molecular weight excluding hydrogens is 144 g/mol. The Morgan fingerprint density at radius 1 is 1.82 bits per heavy atom. The van der Waals surface area contributed by atoms with Crippen LogP contribution in [0.2, 0.25) is 0 Å². The van der Waals surface area contributed by atoms with Crippen molar-refractivity contribution in [3.63, 3.8) is 0 Å². The van der Waals surface area contributed by atoms with Crippen LogP contribution in [-0.2, 0) is 7.05 Å². The number of rotatable bonds is 2. The lowest BCUT2D eigenvalue weighted by atomic mass is 10.3. The van der Waals surface area contributed by atoms with E-state index in [9.17, 15) is 0 Å². The van der Waals surface area contributed by atoms with E-state index >= 15 is 0 Å². The lowest BCUT2D eigenvalue weighted by molar-refractivity contribution is 0.391. The van der Waals surface area contributed by atoms with Crippen molar-refractivity contribution in [1.82, 2.24) is 9.78 Å². The van der Waals surface area contributed by atoms with E-state index in [1.807, 2.05) is 0 Å². The Hall–Kier alpha value is -1.52. The zero-order valence-electron chi connectivity index (χ0n) is 6.46. The molecular formula is C6H10N4O. The summed E-state index contributed by atoms with van der Waals surface area (Å²) in [4.78, 5) is 0. The molecule has 0 saturated carbocycles. The molecule has 0 amide bonds. The highest BCUT2D eigenvalue weighted by Crippen LogP contribution is 2.12. The number of nitrogens with zero attached hydrogens (tertiary/aromatic N) is 2. The number of aromatic nitrogens is 2. The molecule has 0 aliphatic carbocycles. The molecule has 0 bridgehead atoms. The summed E-state index contributed by atoms with van der Waals surface area (Å²) in [6.07, 6.45) is 1.64. The third kappa shape index (κ3) is 1.31. The van der Waals surface area contributed by atoms with Gasteiger partial charge in [-0.25, -0.2) is 0 Å². The average Bonchev–Trinajstić information content (AvgIpc) is 2.30. The van der Waals surface area contributed by atoms with Gasteiger partial charge in [0.2, 0.25) is 5.88 Å². The van der Waals surface area contributed by atoms with Crippen LogP contribution in [0.5, 0.6) is 5.88 Å². The van der Waals surface area contributed by atoms with Crippen molar-refractivity contribution in [2.75, 3.05) is 7.11 Å². The summed E-state index contributed by atoms with van der Waals surface area (Å²) in [6.45, 7) is 0. The maximum Gasteiger partial charge on any atom is 0.243 e. The minimum atomic E-state index is -0.0325. The first-order valence-corrected chi connectivity index (χ1v) is 3.07. The molecule has 60 valence electrons. The third-order valence-corrected chi connectivity index (χ3v) is 1.28. The maximum absolute atomic E-state index is 7.14. The monoisotopic (exact) mass is 154 g/mol. The van der Waals surface area contributed by atoms with E-state index in [4.69, 9.17) is 15.9 Å². The van der Waals surface area contributed by atoms with Gasteiger partial charge in [0.15, 0.2) is 0 Å². The largest absolute Gasteiger partial charge is 0.479 e. The van der Waals surface area contributed by atoms with Gasteiger partial charge in [-0.3, -0.25) is 10.1 Å². The van der Waals surface area contributed by atoms with Crippen LogP contribution < -0.4 is 10.5 Å². The van der Waals surface area contributed by atoms with Gasteiger partial charge in [0.1, 0.15) is 5.84 Å². The number of aryl methyl sites for hydroxylation is 1. The van der Waals surface area contributed by atoms with Crippen LogP contribution in [0, 0.1) is 5.41 Å². The van der Waals surface area contributed by atoms with Crippen molar-refractivity contribution >= 4 is 5.84 Å². The lowest BCUT2D eigenvalue weighted by Gasteiger charge is -1.95. The number of ether oxygens (including phenoxy) is 1. The summed E-state index contributed by atoms with van der Waals surface area (Å²) >= 11 is 0. The molecule has 0 aliphatic rings. The third-order valence-electron chi connectivity index (χ3n) is 1.28. The van der Waals surface area contributed by atoms with Gasteiger partial charge < -0.3 is 10.5 Å². The normalized spacial score (nSPS) is 9.64. The van der Waals surface area contributed by atoms with E-state index in [2.05, 4.69) is 5.10 Å². The molecule has 1 aromatic rings. The van der Waals surface area contributed by atoms with Gasteiger partial charge in [0, 0.05) is 13.2 Å². The molecule has 1 aromatic heterocycles. The Bertz CT molecular complexity index is 278. The summed E-state index contributed by atoms with van der Waals surface area (Å²) < 4.78 is 6.43. The number of nitrogens with two attached hydrogens (primary N) is 1. The van der Waals surface area contributed by atoms with E-state index in [-0.39, 0.29) is 5.84 Å². The summed E-state index contributed by atoms with van der Waals surface area (Å²) in [5, 5.41) is 11.1. The first kappa shape index (κ1) is 7.59. The molecule has 5 heteroatoms. The molecule has 5 nitrogen and oxygen atoms in total. The van der Waals surface area contributed by atoms with Gasteiger partial charge in [-0.05, 0) is 0 Å². The Kier molecular flexibility index (Phi) is 1.80. The second-order valence-corrected chi connectivity index (χ2v) is 2.14. The molecule has 0 radical (unpaired) electrons. The molecule has 0 spiro atoms. The number of nitrogen functional groups attached to an aromatic ring is 1. The van der Waals surface area contributed by atoms with Crippen molar-refractivity contribution in [3.8, 4) is 5.88 Å². The fourth-order valence-corrected chi connectivity index (χ4v) is 0.804. The van der Waals surface area contributed by atoms with Crippen molar-refractivity contribution in [1.29, 1.82) is 5.41 Å². The minimum Gasteiger partial charge on any atom is -0.479 e. The molecule has 1 heterocycles. The fraction of sp³-hybridized carbons (Fsp3) is 0.333. The Morgan fingerprint density at radius 2 is 2.45 bits per heavy atom. The summed E-state index contributed by atoms with van der Waals surface area (Å²) in [6, 6.07) is 0. The van der Waals surface area contributed by atoms with E-state index in [0.717, 1.165) is 0 Å². The Balaban J connectivity index is 3.12. The second-order valence-electron chi connectivity index (χ2n) is 2.14. The standard InChI is InChI=1S/C6H10N4O/c1-10-3-4(5(7)8)6(9-10)11-2/h3H,1-2H3,(H3,7,8). The van der Waals surface area contributed by atoms with Crippen molar-refractivity contribution in [3.05, 3.63) is 11.8 Å². The second kappa shape index (κ2) is 2.61. The SMILES string of the molecule is COc1nn(C)cc1C(=N)N. The van der Waals surface area contributed by atoms with Gasteiger partial charge in [-0.1, -0.05) is 0 Å². The number of methoxy groups -OCH3 is 1. The van der Waals surface area contributed by atoms with Crippen molar-refractivity contribution < 1.29 is 4.74 Å². The summed E-state index contributed by atoms with van der Waals surface area (Å²) in [5.41, 5.74) is 5.78. The van der Waals surface area contributed by atoms with Gasteiger partial charge >= 0.3 is 0 Å². The zero-order valence-corrected chi connectivity index (χ0v) is 6.46. The topological polar surface area (TPSA) is 76.9 Å². The van der Waals surface area contributed by atoms with E-state index in [1.165, 1.54) is 7.11 Å². The number of hydrogen-bond acceptors (Lipinski definition) is 3. The molecule has 0 fully saturated rings. The smallest absolute Gasteiger partial charge is 0.243 e. The van der Waals surface area contributed by atoms with Crippen LogP contribution in [0.15, 0.2) is 6.20 Å². The van der Waals surface area contributed by atoms with Crippen LogP contribution >= 0.6 is 0 Å². The Labute approximate surface area is 64.3 Å². The molecule has 11 heavy (non-hydrogen) atoms. The van der Waals surface area contributed by atoms with E-state index in [1.54, 1.807) is 17.9 Å². The highest BCUT2D eigenvalue weighted by molar-refractivity contribution is 5.96. The predicted molar refractivity (Wildman–Crippen MR) is 40.8 cm³/mol. The van der Waals surface area contributed by atoms with Crippen LogP contribution in [0.3, 0.4) is 0 Å². The van der Waals surface area contributed by atoms with Crippen LogP contribution in [0.1, 0.15) is 5.56 Å². The first-order chi connectivity index (χ1) is 5.15. The summed E-state index contributed by atoms with van der Waals surface area (Å²) in [5.74, 6) is 0.356. The fourth-order valence-electron chi connectivity index (χ4n) is 0.804. The minimum absolute atomic E-state index is 0.0325. The molecule has 1 rings (SSSR count). The van der Waals surface area contributed by atoms with Gasteiger partial charge in [0.25, 0.3) is 0 Å². The molecule has 0 saturated heterocycles. The van der Waals surface area contributed by atoms with Crippen molar-refractivity contribution in [2.45, 2.75) is 0 Å². The highest BCUT2D eigenvalue weighted by atomic mass is 16.5. The number of amidine groups is 1. The lowest BCUT2D eigenvalue weighted by Crippen LogP contribution is -2.11. The first-order valence-electron chi connectivity index (χ1n) is 3.07. The molecule has 0 atom stereocenters. The molecule has 0 aliphatic heterocycles. The van der Waals surface area contributed by atoms with Gasteiger partial charge in [-0.2, -0.15) is 0 Å². The van der Waals surface area contributed by atoms with Crippen LogP contribution in [0.25, 0.3) is 0 Å². The number of hydrogen-bond donors (Lipinski definition) is 2. The number of nitrogens with one attached hydrogen (secondary N) is 1. The Morgan fingerprint density at radius 3 is 2.82 bits per heavy atom. The average molecular weight is 154 g/mol.